The molecule has 0 heterocycles. The van der Waals surface area contributed by atoms with Crippen molar-refractivity contribution in [3.05, 3.63) is 29.8 Å². The third-order valence-corrected chi connectivity index (χ3v) is 4.41. The molecule has 1 aromatic rings. The molecule has 2 saturated carbocycles. The Morgan fingerprint density at radius 2 is 1.88 bits per heavy atom. The van der Waals surface area contributed by atoms with Gasteiger partial charge < -0.3 is 9.84 Å². The van der Waals surface area contributed by atoms with Gasteiger partial charge >= 0.3 is 0 Å². The maximum atomic E-state index is 10.9. The zero-order valence-electron chi connectivity index (χ0n) is 10.4. The van der Waals surface area contributed by atoms with E-state index in [4.69, 9.17) is 4.74 Å². The molecule has 1 N–H and O–H groups in total. The summed E-state index contributed by atoms with van der Waals surface area (Å²) in [6.07, 6.45) is 4.86. The Bertz CT molecular complexity index is 401. The van der Waals surface area contributed by atoms with E-state index in [9.17, 15) is 5.11 Å². The summed E-state index contributed by atoms with van der Waals surface area (Å²) >= 11 is 0. The van der Waals surface area contributed by atoms with Crippen LogP contribution in [-0.4, -0.2) is 11.7 Å². The Labute approximate surface area is 103 Å². The topological polar surface area (TPSA) is 29.5 Å². The lowest BCUT2D eigenvalue weighted by Crippen LogP contribution is -2.12. The van der Waals surface area contributed by atoms with Crippen molar-refractivity contribution in [2.45, 2.75) is 38.2 Å². The highest BCUT2D eigenvalue weighted by molar-refractivity contribution is 5.43. The normalized spacial score (nSPS) is 35.2. The highest BCUT2D eigenvalue weighted by Gasteiger charge is 2.65. The minimum Gasteiger partial charge on any atom is -0.493 e. The van der Waals surface area contributed by atoms with Gasteiger partial charge in [0, 0.05) is 5.56 Å². The molecule has 0 bridgehead atoms. The summed E-state index contributed by atoms with van der Waals surface area (Å²) < 4.78 is 5.65. The van der Waals surface area contributed by atoms with Crippen LogP contribution in [0.25, 0.3) is 0 Å². The zero-order chi connectivity index (χ0) is 11.9. The van der Waals surface area contributed by atoms with Crippen molar-refractivity contribution in [1.29, 1.82) is 0 Å². The van der Waals surface area contributed by atoms with Crippen molar-refractivity contribution in [1.82, 2.24) is 0 Å². The SMILES string of the molecule is CCOc1ccccc1C1(O)C2CCCCC21. The van der Waals surface area contributed by atoms with Gasteiger partial charge in [0.15, 0.2) is 0 Å². The first-order valence-corrected chi connectivity index (χ1v) is 6.73. The molecule has 2 heteroatoms. The van der Waals surface area contributed by atoms with Crippen molar-refractivity contribution in [2.24, 2.45) is 11.8 Å². The summed E-state index contributed by atoms with van der Waals surface area (Å²) in [5.41, 5.74) is 0.418. The third kappa shape index (κ3) is 1.58. The third-order valence-electron chi connectivity index (χ3n) is 4.41. The molecule has 17 heavy (non-hydrogen) atoms. The van der Waals surface area contributed by atoms with E-state index in [2.05, 4.69) is 0 Å². The van der Waals surface area contributed by atoms with Gasteiger partial charge in [-0.2, -0.15) is 0 Å². The molecule has 0 amide bonds. The minimum absolute atomic E-state index is 0.470. The van der Waals surface area contributed by atoms with Crippen molar-refractivity contribution in [3.8, 4) is 5.75 Å². The zero-order valence-corrected chi connectivity index (χ0v) is 10.4. The van der Waals surface area contributed by atoms with Crippen LogP contribution in [0, 0.1) is 11.8 Å². The Hall–Kier alpha value is -1.02. The van der Waals surface area contributed by atoms with Crippen LogP contribution in [0.15, 0.2) is 24.3 Å². The Kier molecular flexibility index (Phi) is 2.62. The van der Waals surface area contributed by atoms with Crippen LogP contribution in [0.1, 0.15) is 38.2 Å². The molecule has 0 aromatic heterocycles. The molecule has 1 aromatic carbocycles. The fraction of sp³-hybridized carbons (Fsp3) is 0.600. The number of hydrogen-bond acceptors (Lipinski definition) is 2. The summed E-state index contributed by atoms with van der Waals surface area (Å²) in [7, 11) is 0. The standard InChI is InChI=1S/C15H20O2/c1-2-17-14-10-6-5-9-13(14)15(16)11-7-3-4-8-12(11)15/h5-6,9-12,16H,2-4,7-8H2,1H3. The highest BCUT2D eigenvalue weighted by Crippen LogP contribution is 2.65. The molecule has 0 aliphatic heterocycles. The molecule has 3 rings (SSSR count). The number of aliphatic hydroxyl groups is 1. The monoisotopic (exact) mass is 232 g/mol. The summed E-state index contributed by atoms with van der Waals surface area (Å²) in [6, 6.07) is 7.98. The van der Waals surface area contributed by atoms with E-state index in [1.54, 1.807) is 0 Å². The van der Waals surface area contributed by atoms with Crippen molar-refractivity contribution in [2.75, 3.05) is 6.61 Å². The predicted molar refractivity (Wildman–Crippen MR) is 67.0 cm³/mol. The van der Waals surface area contributed by atoms with Crippen LogP contribution in [0.5, 0.6) is 5.75 Å². The number of para-hydroxylation sites is 1. The van der Waals surface area contributed by atoms with Gasteiger partial charge in [-0.3, -0.25) is 0 Å². The summed E-state index contributed by atoms with van der Waals surface area (Å²) in [5, 5.41) is 10.9. The van der Waals surface area contributed by atoms with Crippen LogP contribution in [0.2, 0.25) is 0 Å². The van der Waals surface area contributed by atoms with E-state index >= 15 is 0 Å². The van der Waals surface area contributed by atoms with Crippen molar-refractivity contribution < 1.29 is 9.84 Å². The van der Waals surface area contributed by atoms with E-state index in [0.717, 1.165) is 11.3 Å². The van der Waals surface area contributed by atoms with Gasteiger partial charge in [-0.1, -0.05) is 31.0 Å². The molecule has 2 aliphatic carbocycles. The molecular weight excluding hydrogens is 212 g/mol. The average molecular weight is 232 g/mol. The minimum atomic E-state index is -0.595. The van der Waals surface area contributed by atoms with Crippen molar-refractivity contribution in [3.63, 3.8) is 0 Å². The number of hydrogen-bond donors (Lipinski definition) is 1. The van der Waals surface area contributed by atoms with E-state index < -0.39 is 5.60 Å². The lowest BCUT2D eigenvalue weighted by molar-refractivity contribution is 0.113. The van der Waals surface area contributed by atoms with Crippen LogP contribution in [0.4, 0.5) is 0 Å². The van der Waals surface area contributed by atoms with Gasteiger partial charge in [-0.15, -0.1) is 0 Å². The number of rotatable bonds is 3. The maximum absolute atomic E-state index is 10.9. The van der Waals surface area contributed by atoms with Gasteiger partial charge in [-0.25, -0.2) is 0 Å². The molecule has 2 unspecified atom stereocenters. The highest BCUT2D eigenvalue weighted by atomic mass is 16.5. The van der Waals surface area contributed by atoms with Crippen LogP contribution >= 0.6 is 0 Å². The Morgan fingerprint density at radius 3 is 2.53 bits per heavy atom. The van der Waals surface area contributed by atoms with E-state index in [1.165, 1.54) is 25.7 Å². The molecule has 2 nitrogen and oxygen atoms in total. The molecular formula is C15H20O2. The molecule has 2 atom stereocenters. The average Bonchev–Trinajstić information content (AvgIpc) is 2.98. The van der Waals surface area contributed by atoms with Gasteiger partial charge in [-0.05, 0) is 37.7 Å². The van der Waals surface area contributed by atoms with E-state index in [-0.39, 0.29) is 0 Å². The lowest BCUT2D eigenvalue weighted by Gasteiger charge is -2.16. The fourth-order valence-electron chi connectivity index (χ4n) is 3.57. The maximum Gasteiger partial charge on any atom is 0.125 e. The molecule has 0 saturated heterocycles. The number of ether oxygens (including phenoxy) is 1. The van der Waals surface area contributed by atoms with Crippen LogP contribution in [0.3, 0.4) is 0 Å². The molecule has 2 fully saturated rings. The molecule has 2 aliphatic rings. The summed E-state index contributed by atoms with van der Waals surface area (Å²) in [4.78, 5) is 0. The fourth-order valence-corrected chi connectivity index (χ4v) is 3.57. The molecule has 92 valence electrons. The Morgan fingerprint density at radius 1 is 1.24 bits per heavy atom. The van der Waals surface area contributed by atoms with Crippen LogP contribution < -0.4 is 4.74 Å². The second-order valence-corrected chi connectivity index (χ2v) is 5.25. The van der Waals surface area contributed by atoms with Gasteiger partial charge in [0.2, 0.25) is 0 Å². The quantitative estimate of drug-likeness (QED) is 0.867. The smallest absolute Gasteiger partial charge is 0.125 e. The summed E-state index contributed by atoms with van der Waals surface area (Å²) in [6.45, 7) is 2.64. The molecule has 0 radical (unpaired) electrons. The van der Waals surface area contributed by atoms with Gasteiger partial charge in [0.05, 0.1) is 12.2 Å². The Balaban J connectivity index is 1.94. The first-order valence-electron chi connectivity index (χ1n) is 6.73. The first-order chi connectivity index (χ1) is 8.28. The number of fused-ring (bicyclic) bond motifs is 1. The van der Waals surface area contributed by atoms with Crippen molar-refractivity contribution >= 4 is 0 Å². The first kappa shape index (κ1) is 11.1. The van der Waals surface area contributed by atoms with Gasteiger partial charge in [0.1, 0.15) is 5.75 Å². The van der Waals surface area contributed by atoms with Gasteiger partial charge in [0.25, 0.3) is 0 Å². The second-order valence-electron chi connectivity index (χ2n) is 5.25. The van der Waals surface area contributed by atoms with E-state index in [1.807, 2.05) is 31.2 Å². The number of benzene rings is 1. The second kappa shape index (κ2) is 4.02. The van der Waals surface area contributed by atoms with E-state index in [0.29, 0.717) is 18.4 Å². The largest absolute Gasteiger partial charge is 0.493 e. The predicted octanol–water partition coefficient (Wildman–Crippen LogP) is 3.09. The summed E-state index contributed by atoms with van der Waals surface area (Å²) in [5.74, 6) is 1.81. The molecule has 0 spiro atoms. The van der Waals surface area contributed by atoms with Crippen LogP contribution in [-0.2, 0) is 5.60 Å². The lowest BCUT2D eigenvalue weighted by atomic mass is 10.0.